The summed E-state index contributed by atoms with van der Waals surface area (Å²) in [5.41, 5.74) is 8.76. The maximum Gasteiger partial charge on any atom is 0.123 e. The minimum atomic E-state index is 0.548. The Morgan fingerprint density at radius 2 is 2.06 bits per heavy atom. The zero-order valence-corrected chi connectivity index (χ0v) is 10.1. The van der Waals surface area contributed by atoms with Crippen molar-refractivity contribution in [2.75, 3.05) is 12.3 Å². The summed E-state index contributed by atoms with van der Waals surface area (Å²) >= 11 is 0. The molecule has 1 heterocycles. The smallest absolute Gasteiger partial charge is 0.123 e. The van der Waals surface area contributed by atoms with Gasteiger partial charge in [0, 0.05) is 11.3 Å². The topological polar surface area (TPSA) is 48.1 Å². The van der Waals surface area contributed by atoms with Gasteiger partial charge >= 0.3 is 0 Å². The van der Waals surface area contributed by atoms with Crippen molar-refractivity contribution < 1.29 is 4.74 Å². The van der Waals surface area contributed by atoms with Crippen molar-refractivity contribution in [1.29, 1.82) is 0 Å². The van der Waals surface area contributed by atoms with Gasteiger partial charge in [-0.25, -0.2) is 4.98 Å². The second kappa shape index (κ2) is 4.87. The molecule has 0 aliphatic carbocycles. The Bertz CT molecular complexity index is 523. The van der Waals surface area contributed by atoms with E-state index in [0.29, 0.717) is 12.4 Å². The molecule has 0 fully saturated rings. The SMILES string of the molecule is CCOc1cccc(-c2ccc(N)nc2C)c1. The van der Waals surface area contributed by atoms with Crippen LogP contribution in [0.25, 0.3) is 11.1 Å². The monoisotopic (exact) mass is 228 g/mol. The molecule has 0 bridgehead atoms. The molecule has 2 rings (SSSR count). The van der Waals surface area contributed by atoms with Crippen LogP contribution < -0.4 is 10.5 Å². The molecule has 0 saturated carbocycles. The Morgan fingerprint density at radius 3 is 2.76 bits per heavy atom. The highest BCUT2D eigenvalue weighted by Crippen LogP contribution is 2.26. The van der Waals surface area contributed by atoms with Gasteiger partial charge in [-0.05, 0) is 43.7 Å². The van der Waals surface area contributed by atoms with Gasteiger partial charge in [0.05, 0.1) is 6.61 Å². The third-order valence-electron chi connectivity index (χ3n) is 2.56. The van der Waals surface area contributed by atoms with Crippen LogP contribution in [0.15, 0.2) is 36.4 Å². The average Bonchev–Trinajstić information content (AvgIpc) is 2.29. The largest absolute Gasteiger partial charge is 0.494 e. The van der Waals surface area contributed by atoms with Crippen molar-refractivity contribution in [2.45, 2.75) is 13.8 Å². The van der Waals surface area contributed by atoms with Crippen molar-refractivity contribution in [1.82, 2.24) is 4.98 Å². The summed E-state index contributed by atoms with van der Waals surface area (Å²) < 4.78 is 5.49. The van der Waals surface area contributed by atoms with Gasteiger partial charge < -0.3 is 10.5 Å². The fourth-order valence-electron chi connectivity index (χ4n) is 1.81. The number of anilines is 1. The highest BCUT2D eigenvalue weighted by atomic mass is 16.5. The van der Waals surface area contributed by atoms with Crippen LogP contribution in [-0.2, 0) is 0 Å². The third-order valence-corrected chi connectivity index (χ3v) is 2.56. The van der Waals surface area contributed by atoms with Crippen LogP contribution in [0.4, 0.5) is 5.82 Å². The van der Waals surface area contributed by atoms with Crippen LogP contribution in [0.5, 0.6) is 5.75 Å². The lowest BCUT2D eigenvalue weighted by atomic mass is 10.0. The normalized spacial score (nSPS) is 10.2. The molecule has 0 saturated heterocycles. The number of aryl methyl sites for hydroxylation is 1. The van der Waals surface area contributed by atoms with Gasteiger partial charge in [0.2, 0.25) is 0 Å². The number of nitrogen functional groups attached to an aromatic ring is 1. The number of rotatable bonds is 3. The number of hydrogen-bond donors (Lipinski definition) is 1. The fraction of sp³-hybridized carbons (Fsp3) is 0.214. The lowest BCUT2D eigenvalue weighted by Crippen LogP contribution is -1.95. The van der Waals surface area contributed by atoms with Crippen LogP contribution in [0.3, 0.4) is 0 Å². The molecule has 3 nitrogen and oxygen atoms in total. The molecule has 0 aliphatic rings. The standard InChI is InChI=1S/C14H16N2O/c1-3-17-12-6-4-5-11(9-12)13-7-8-14(15)16-10(13)2/h4-9H,3H2,1-2H3,(H2,15,16). The van der Waals surface area contributed by atoms with Crippen LogP contribution in [0.1, 0.15) is 12.6 Å². The molecule has 0 spiro atoms. The van der Waals surface area contributed by atoms with Crippen LogP contribution in [-0.4, -0.2) is 11.6 Å². The molecule has 0 unspecified atom stereocenters. The van der Waals surface area contributed by atoms with Crippen molar-refractivity contribution in [3.8, 4) is 16.9 Å². The Labute approximate surface area is 101 Å². The average molecular weight is 228 g/mol. The molecular weight excluding hydrogens is 212 g/mol. The van der Waals surface area contributed by atoms with E-state index in [1.807, 2.05) is 50.2 Å². The second-order valence-corrected chi connectivity index (χ2v) is 3.83. The van der Waals surface area contributed by atoms with E-state index in [2.05, 4.69) is 4.98 Å². The Balaban J connectivity index is 2.42. The summed E-state index contributed by atoms with van der Waals surface area (Å²) in [5, 5.41) is 0. The molecule has 0 aliphatic heterocycles. The van der Waals surface area contributed by atoms with Crippen molar-refractivity contribution in [3.05, 3.63) is 42.1 Å². The first-order valence-electron chi connectivity index (χ1n) is 5.67. The number of benzene rings is 1. The summed E-state index contributed by atoms with van der Waals surface area (Å²) in [6.45, 7) is 4.60. The summed E-state index contributed by atoms with van der Waals surface area (Å²) in [6, 6.07) is 11.8. The predicted octanol–water partition coefficient (Wildman–Crippen LogP) is 3.04. The minimum absolute atomic E-state index is 0.548. The molecule has 17 heavy (non-hydrogen) atoms. The lowest BCUT2D eigenvalue weighted by Gasteiger charge is -2.08. The number of aromatic nitrogens is 1. The Morgan fingerprint density at radius 1 is 1.24 bits per heavy atom. The minimum Gasteiger partial charge on any atom is -0.494 e. The summed E-state index contributed by atoms with van der Waals surface area (Å²) in [7, 11) is 0. The van der Waals surface area contributed by atoms with Crippen molar-refractivity contribution in [3.63, 3.8) is 0 Å². The molecule has 3 heteroatoms. The second-order valence-electron chi connectivity index (χ2n) is 3.83. The molecule has 0 amide bonds. The zero-order chi connectivity index (χ0) is 12.3. The van der Waals surface area contributed by atoms with E-state index in [1.54, 1.807) is 0 Å². The first-order chi connectivity index (χ1) is 8.20. The van der Waals surface area contributed by atoms with E-state index in [-0.39, 0.29) is 0 Å². The van der Waals surface area contributed by atoms with E-state index in [4.69, 9.17) is 10.5 Å². The number of nitrogens with zero attached hydrogens (tertiary/aromatic N) is 1. The van der Waals surface area contributed by atoms with Gasteiger partial charge in [0.25, 0.3) is 0 Å². The maximum atomic E-state index is 5.65. The van der Waals surface area contributed by atoms with Crippen molar-refractivity contribution >= 4 is 5.82 Å². The van der Waals surface area contributed by atoms with Gasteiger partial charge in [-0.1, -0.05) is 12.1 Å². The third kappa shape index (κ3) is 2.56. The van der Waals surface area contributed by atoms with E-state index in [0.717, 1.165) is 22.6 Å². The molecule has 0 atom stereocenters. The summed E-state index contributed by atoms with van der Waals surface area (Å²) in [4.78, 5) is 4.26. The molecular formula is C14H16N2O. The van der Waals surface area contributed by atoms with Gasteiger partial charge in [-0.15, -0.1) is 0 Å². The first-order valence-corrected chi connectivity index (χ1v) is 5.67. The van der Waals surface area contributed by atoms with E-state index >= 15 is 0 Å². The van der Waals surface area contributed by atoms with Gasteiger partial charge in [-0.3, -0.25) is 0 Å². The van der Waals surface area contributed by atoms with Crippen LogP contribution in [0, 0.1) is 6.92 Å². The van der Waals surface area contributed by atoms with E-state index in [9.17, 15) is 0 Å². The van der Waals surface area contributed by atoms with E-state index in [1.165, 1.54) is 0 Å². The molecule has 1 aromatic carbocycles. The highest BCUT2D eigenvalue weighted by molar-refractivity contribution is 5.68. The van der Waals surface area contributed by atoms with Crippen LogP contribution in [0.2, 0.25) is 0 Å². The Kier molecular flexibility index (Phi) is 3.28. The molecule has 88 valence electrons. The number of nitrogens with two attached hydrogens (primary N) is 1. The van der Waals surface area contributed by atoms with E-state index < -0.39 is 0 Å². The van der Waals surface area contributed by atoms with Crippen molar-refractivity contribution in [2.24, 2.45) is 0 Å². The summed E-state index contributed by atoms with van der Waals surface area (Å²) in [6.07, 6.45) is 0. The van der Waals surface area contributed by atoms with Gasteiger partial charge in [0.1, 0.15) is 11.6 Å². The zero-order valence-electron chi connectivity index (χ0n) is 10.1. The van der Waals surface area contributed by atoms with Gasteiger partial charge in [0.15, 0.2) is 0 Å². The summed E-state index contributed by atoms with van der Waals surface area (Å²) in [5.74, 6) is 1.42. The predicted molar refractivity (Wildman–Crippen MR) is 70.0 cm³/mol. The fourth-order valence-corrected chi connectivity index (χ4v) is 1.81. The highest BCUT2D eigenvalue weighted by Gasteiger charge is 2.04. The first kappa shape index (κ1) is 11.5. The number of ether oxygens (including phenoxy) is 1. The van der Waals surface area contributed by atoms with Crippen LogP contribution >= 0.6 is 0 Å². The Hall–Kier alpha value is -2.03. The number of hydrogen-bond acceptors (Lipinski definition) is 3. The maximum absolute atomic E-state index is 5.65. The molecule has 2 N–H and O–H groups in total. The quantitative estimate of drug-likeness (QED) is 0.878. The lowest BCUT2D eigenvalue weighted by molar-refractivity contribution is 0.340. The molecule has 2 aromatic rings. The van der Waals surface area contributed by atoms with Gasteiger partial charge in [-0.2, -0.15) is 0 Å². The molecule has 0 radical (unpaired) electrons. The number of pyridine rings is 1. The molecule has 1 aromatic heterocycles.